The van der Waals surface area contributed by atoms with E-state index in [2.05, 4.69) is 10.6 Å². The minimum absolute atomic E-state index is 0.259. The van der Waals surface area contributed by atoms with Gasteiger partial charge in [0.1, 0.15) is 6.04 Å². The molecule has 0 saturated carbocycles. The summed E-state index contributed by atoms with van der Waals surface area (Å²) in [5.41, 5.74) is 9.09. The van der Waals surface area contributed by atoms with Gasteiger partial charge in [0, 0.05) is 18.7 Å². The standard InChI is InChI=1S/C18H21N3O3/c1-12-2-8-15(9-3-12)20-17(22)16(21-18(23)24)10-13-4-6-14(11-19)7-5-13/h2-9,16,21H,10-11,19H2,1H3,(H,20,22)(H,23,24)/t16-/m0/s1. The average molecular weight is 327 g/mol. The zero-order valence-electron chi connectivity index (χ0n) is 13.5. The van der Waals surface area contributed by atoms with Crippen LogP contribution >= 0.6 is 0 Å². The number of rotatable bonds is 6. The van der Waals surface area contributed by atoms with Crippen molar-refractivity contribution in [1.82, 2.24) is 5.32 Å². The molecule has 24 heavy (non-hydrogen) atoms. The van der Waals surface area contributed by atoms with Gasteiger partial charge in [-0.15, -0.1) is 0 Å². The molecule has 2 aromatic rings. The lowest BCUT2D eigenvalue weighted by atomic mass is 10.0. The van der Waals surface area contributed by atoms with Gasteiger partial charge in [-0.2, -0.15) is 0 Å². The SMILES string of the molecule is Cc1ccc(NC(=O)[C@H](Cc2ccc(CN)cc2)NC(=O)O)cc1. The molecule has 6 heteroatoms. The van der Waals surface area contributed by atoms with Gasteiger partial charge in [0.2, 0.25) is 5.91 Å². The third-order valence-electron chi connectivity index (χ3n) is 3.63. The molecule has 0 aromatic heterocycles. The Morgan fingerprint density at radius 2 is 1.62 bits per heavy atom. The Kier molecular flexibility index (Phi) is 5.92. The highest BCUT2D eigenvalue weighted by molar-refractivity contribution is 5.96. The van der Waals surface area contributed by atoms with E-state index in [0.29, 0.717) is 12.2 Å². The summed E-state index contributed by atoms with van der Waals surface area (Å²) < 4.78 is 0. The van der Waals surface area contributed by atoms with E-state index in [1.807, 2.05) is 43.3 Å². The average Bonchev–Trinajstić information content (AvgIpc) is 2.56. The van der Waals surface area contributed by atoms with Gasteiger partial charge in [-0.3, -0.25) is 4.79 Å². The van der Waals surface area contributed by atoms with Crippen LogP contribution in [-0.2, 0) is 17.8 Å². The fourth-order valence-electron chi connectivity index (χ4n) is 2.27. The first-order chi connectivity index (χ1) is 11.5. The van der Waals surface area contributed by atoms with E-state index in [9.17, 15) is 9.59 Å². The number of benzene rings is 2. The van der Waals surface area contributed by atoms with Gasteiger partial charge in [0.05, 0.1) is 0 Å². The summed E-state index contributed by atoms with van der Waals surface area (Å²) >= 11 is 0. The number of carboxylic acid groups (broad SMARTS) is 1. The van der Waals surface area contributed by atoms with E-state index >= 15 is 0 Å². The van der Waals surface area contributed by atoms with Crippen molar-refractivity contribution >= 4 is 17.7 Å². The Bertz CT molecular complexity index is 696. The summed E-state index contributed by atoms with van der Waals surface area (Å²) in [4.78, 5) is 23.4. The van der Waals surface area contributed by atoms with E-state index in [1.165, 1.54) is 0 Å². The van der Waals surface area contributed by atoms with Crippen LogP contribution in [0.4, 0.5) is 10.5 Å². The summed E-state index contributed by atoms with van der Waals surface area (Å²) in [5, 5.41) is 14.0. The van der Waals surface area contributed by atoms with E-state index in [4.69, 9.17) is 10.8 Å². The van der Waals surface area contributed by atoms with Crippen LogP contribution in [0.2, 0.25) is 0 Å². The quantitative estimate of drug-likeness (QED) is 0.653. The van der Waals surface area contributed by atoms with Crippen LogP contribution in [0, 0.1) is 6.92 Å². The fourth-order valence-corrected chi connectivity index (χ4v) is 2.27. The molecule has 0 aliphatic heterocycles. The van der Waals surface area contributed by atoms with Crippen LogP contribution < -0.4 is 16.4 Å². The molecule has 0 saturated heterocycles. The molecule has 0 unspecified atom stereocenters. The van der Waals surface area contributed by atoms with Crippen LogP contribution in [0.5, 0.6) is 0 Å². The van der Waals surface area contributed by atoms with Crippen LogP contribution in [0.1, 0.15) is 16.7 Å². The number of nitrogens with two attached hydrogens (primary N) is 1. The van der Waals surface area contributed by atoms with E-state index in [0.717, 1.165) is 16.7 Å². The van der Waals surface area contributed by atoms with Crippen molar-refractivity contribution < 1.29 is 14.7 Å². The number of amides is 2. The summed E-state index contributed by atoms with van der Waals surface area (Å²) in [6.45, 7) is 2.39. The lowest BCUT2D eigenvalue weighted by Crippen LogP contribution is -2.44. The molecule has 0 aliphatic carbocycles. The van der Waals surface area contributed by atoms with Crippen LogP contribution in [0.25, 0.3) is 0 Å². The number of carbonyl (C=O) groups is 2. The zero-order valence-corrected chi connectivity index (χ0v) is 13.5. The van der Waals surface area contributed by atoms with Crippen molar-refractivity contribution in [3.63, 3.8) is 0 Å². The molecule has 2 amide bonds. The third-order valence-corrected chi connectivity index (χ3v) is 3.63. The molecule has 0 radical (unpaired) electrons. The predicted octanol–water partition coefficient (Wildman–Crippen LogP) is 2.27. The highest BCUT2D eigenvalue weighted by atomic mass is 16.4. The summed E-state index contributed by atoms with van der Waals surface area (Å²) in [7, 11) is 0. The fraction of sp³-hybridized carbons (Fsp3) is 0.222. The van der Waals surface area contributed by atoms with Gasteiger partial charge < -0.3 is 21.5 Å². The molecule has 2 aromatic carbocycles. The van der Waals surface area contributed by atoms with Gasteiger partial charge in [-0.05, 0) is 30.2 Å². The topological polar surface area (TPSA) is 104 Å². The third kappa shape index (κ3) is 5.10. The Morgan fingerprint density at radius 1 is 1.04 bits per heavy atom. The zero-order chi connectivity index (χ0) is 17.5. The number of anilines is 1. The van der Waals surface area contributed by atoms with Gasteiger partial charge >= 0.3 is 6.09 Å². The van der Waals surface area contributed by atoms with Crippen molar-refractivity contribution in [2.24, 2.45) is 5.73 Å². The molecule has 0 aliphatic rings. The van der Waals surface area contributed by atoms with E-state index < -0.39 is 18.0 Å². The minimum Gasteiger partial charge on any atom is -0.465 e. The molecule has 6 nitrogen and oxygen atoms in total. The first-order valence-electron chi connectivity index (χ1n) is 7.63. The van der Waals surface area contributed by atoms with Gasteiger partial charge in [0.25, 0.3) is 0 Å². The maximum absolute atomic E-state index is 12.4. The molecule has 0 heterocycles. The van der Waals surface area contributed by atoms with Gasteiger partial charge in [0.15, 0.2) is 0 Å². The van der Waals surface area contributed by atoms with E-state index in [1.54, 1.807) is 12.1 Å². The summed E-state index contributed by atoms with van der Waals surface area (Å²) in [6, 6.07) is 13.8. The number of aryl methyl sites for hydroxylation is 1. The second kappa shape index (κ2) is 8.12. The molecule has 126 valence electrons. The van der Waals surface area contributed by atoms with Crippen molar-refractivity contribution in [2.75, 3.05) is 5.32 Å². The highest BCUT2D eigenvalue weighted by Crippen LogP contribution is 2.11. The van der Waals surface area contributed by atoms with Gasteiger partial charge in [-0.1, -0.05) is 42.0 Å². The van der Waals surface area contributed by atoms with Crippen molar-refractivity contribution in [2.45, 2.75) is 25.9 Å². The summed E-state index contributed by atoms with van der Waals surface area (Å²) in [5.74, 6) is -0.399. The number of hydrogen-bond donors (Lipinski definition) is 4. The van der Waals surface area contributed by atoms with Crippen LogP contribution in [0.15, 0.2) is 48.5 Å². The van der Waals surface area contributed by atoms with Crippen LogP contribution in [0.3, 0.4) is 0 Å². The minimum atomic E-state index is -1.24. The number of carbonyl (C=O) groups excluding carboxylic acids is 1. The van der Waals surface area contributed by atoms with Crippen molar-refractivity contribution in [3.8, 4) is 0 Å². The highest BCUT2D eigenvalue weighted by Gasteiger charge is 2.21. The summed E-state index contributed by atoms with van der Waals surface area (Å²) in [6.07, 6.45) is -0.980. The molecule has 0 bridgehead atoms. The van der Waals surface area contributed by atoms with Crippen molar-refractivity contribution in [1.29, 1.82) is 0 Å². The molecule has 0 spiro atoms. The molecular weight excluding hydrogens is 306 g/mol. The normalized spacial score (nSPS) is 11.6. The van der Waals surface area contributed by atoms with E-state index in [-0.39, 0.29) is 6.42 Å². The first-order valence-corrected chi connectivity index (χ1v) is 7.63. The molecule has 1 atom stereocenters. The molecule has 5 N–H and O–H groups in total. The number of nitrogens with one attached hydrogen (secondary N) is 2. The Balaban J connectivity index is 2.09. The predicted molar refractivity (Wildman–Crippen MR) is 92.8 cm³/mol. The number of hydrogen-bond acceptors (Lipinski definition) is 3. The lowest BCUT2D eigenvalue weighted by Gasteiger charge is -2.17. The lowest BCUT2D eigenvalue weighted by molar-refractivity contribution is -0.118. The Morgan fingerprint density at radius 3 is 2.17 bits per heavy atom. The largest absolute Gasteiger partial charge is 0.465 e. The van der Waals surface area contributed by atoms with Crippen molar-refractivity contribution in [3.05, 3.63) is 65.2 Å². The second-order valence-electron chi connectivity index (χ2n) is 5.58. The second-order valence-corrected chi connectivity index (χ2v) is 5.58. The van der Waals surface area contributed by atoms with Crippen LogP contribution in [-0.4, -0.2) is 23.1 Å². The maximum Gasteiger partial charge on any atom is 0.405 e. The molecular formula is C18H21N3O3. The maximum atomic E-state index is 12.4. The Labute approximate surface area is 140 Å². The molecule has 0 fully saturated rings. The smallest absolute Gasteiger partial charge is 0.405 e. The van der Waals surface area contributed by atoms with Gasteiger partial charge in [-0.25, -0.2) is 4.79 Å². The monoisotopic (exact) mass is 327 g/mol. The molecule has 2 rings (SSSR count). The Hall–Kier alpha value is -2.86. The first kappa shape index (κ1) is 17.5.